The van der Waals surface area contributed by atoms with Gasteiger partial charge < -0.3 is 9.47 Å². The molecule has 6 aromatic rings. The summed E-state index contributed by atoms with van der Waals surface area (Å²) in [5.41, 5.74) is 13.6. The number of aryl methyl sites for hydroxylation is 1. The van der Waals surface area contributed by atoms with Crippen LogP contribution in [0, 0.1) is 34.0 Å². The zero-order valence-electron chi connectivity index (χ0n) is 27.1. The number of allylic oxidation sites excluding steroid dienone is 3. The highest BCUT2D eigenvalue weighted by atomic mass is 15.2. The number of nitriles is 3. The van der Waals surface area contributed by atoms with Gasteiger partial charge in [-0.25, -0.2) is 0 Å². The lowest BCUT2D eigenvalue weighted by Gasteiger charge is -2.31. The Hall–Kier alpha value is -6.87. The van der Waals surface area contributed by atoms with Crippen LogP contribution < -0.4 is 4.90 Å². The molecule has 9 rings (SSSR count). The van der Waals surface area contributed by atoms with Crippen LogP contribution in [-0.2, 0) is 6.42 Å². The molecular formula is C45H29N5. The van der Waals surface area contributed by atoms with Crippen molar-refractivity contribution in [3.05, 3.63) is 167 Å². The number of hydrogen-bond acceptors (Lipinski definition) is 4. The van der Waals surface area contributed by atoms with E-state index in [-0.39, 0.29) is 12.0 Å². The van der Waals surface area contributed by atoms with Crippen molar-refractivity contribution in [3.8, 4) is 46.1 Å². The predicted octanol–water partition coefficient (Wildman–Crippen LogP) is 10.3. The Bertz CT molecular complexity index is 2610. The lowest BCUT2D eigenvalue weighted by atomic mass is 9.88. The first-order valence-electron chi connectivity index (χ1n) is 16.8. The van der Waals surface area contributed by atoms with Gasteiger partial charge in [-0.1, -0.05) is 85.0 Å². The second kappa shape index (κ2) is 11.7. The van der Waals surface area contributed by atoms with E-state index in [0.29, 0.717) is 16.7 Å². The summed E-state index contributed by atoms with van der Waals surface area (Å²) in [5, 5.41) is 31.1. The first-order chi connectivity index (χ1) is 24.7. The lowest BCUT2D eigenvalue weighted by molar-refractivity contribution is 0.742. The van der Waals surface area contributed by atoms with Crippen molar-refractivity contribution >= 4 is 28.4 Å². The number of anilines is 2. The quantitative estimate of drug-likeness (QED) is 0.192. The normalized spacial score (nSPS) is 16.9. The molecule has 0 saturated heterocycles. The van der Waals surface area contributed by atoms with Crippen LogP contribution in [0.2, 0.25) is 0 Å². The minimum Gasteiger partial charge on any atom is -0.333 e. The van der Waals surface area contributed by atoms with Crippen LogP contribution in [0.1, 0.15) is 40.3 Å². The zero-order valence-corrected chi connectivity index (χ0v) is 27.1. The predicted molar refractivity (Wildman–Crippen MR) is 199 cm³/mol. The highest BCUT2D eigenvalue weighted by molar-refractivity contribution is 5.96. The molecule has 0 N–H and O–H groups in total. The maximum atomic E-state index is 10.2. The van der Waals surface area contributed by atoms with E-state index in [9.17, 15) is 15.8 Å². The fraction of sp³-hybridized carbons (Fsp3) is 0.0889. The van der Waals surface area contributed by atoms with Gasteiger partial charge >= 0.3 is 0 Å². The monoisotopic (exact) mass is 639 g/mol. The number of rotatable bonds is 4. The van der Waals surface area contributed by atoms with E-state index in [1.807, 2.05) is 30.3 Å². The molecule has 5 aromatic carbocycles. The van der Waals surface area contributed by atoms with E-state index >= 15 is 0 Å². The molecular weight excluding hydrogens is 611 g/mol. The fourth-order valence-electron chi connectivity index (χ4n) is 8.16. The number of nitrogens with zero attached hydrogens (tertiary/aromatic N) is 5. The van der Waals surface area contributed by atoms with Crippen LogP contribution >= 0.6 is 0 Å². The smallest absolute Gasteiger partial charge is 0.101 e. The molecule has 0 spiro atoms. The molecule has 0 bridgehead atoms. The molecule has 5 nitrogen and oxygen atoms in total. The average Bonchev–Trinajstić information content (AvgIpc) is 3.70. The molecule has 1 aromatic heterocycles. The van der Waals surface area contributed by atoms with Gasteiger partial charge in [0.15, 0.2) is 0 Å². The number of hydrogen-bond donors (Lipinski definition) is 0. The van der Waals surface area contributed by atoms with Gasteiger partial charge in [0.2, 0.25) is 0 Å². The molecule has 0 amide bonds. The molecule has 0 fully saturated rings. The van der Waals surface area contributed by atoms with Crippen molar-refractivity contribution in [2.75, 3.05) is 4.90 Å². The summed E-state index contributed by atoms with van der Waals surface area (Å²) in [6.07, 6.45) is 12.5. The first-order valence-corrected chi connectivity index (χ1v) is 16.8. The Labute approximate surface area is 290 Å². The van der Waals surface area contributed by atoms with Crippen molar-refractivity contribution in [1.29, 1.82) is 15.8 Å². The van der Waals surface area contributed by atoms with Gasteiger partial charge in [-0.2, -0.15) is 15.8 Å². The third kappa shape index (κ3) is 4.44. The third-order valence-electron chi connectivity index (χ3n) is 10.3. The topological polar surface area (TPSA) is 79.5 Å². The van der Waals surface area contributed by atoms with Crippen molar-refractivity contribution in [2.24, 2.45) is 0 Å². The van der Waals surface area contributed by atoms with Crippen molar-refractivity contribution in [3.63, 3.8) is 0 Å². The summed E-state index contributed by atoms with van der Waals surface area (Å²) in [6.45, 7) is 0. The first kappa shape index (κ1) is 29.3. The number of benzene rings is 5. The Morgan fingerprint density at radius 3 is 2.38 bits per heavy atom. The summed E-state index contributed by atoms with van der Waals surface area (Å²) in [7, 11) is 0. The largest absolute Gasteiger partial charge is 0.333 e. The molecule has 0 radical (unpaired) electrons. The molecule has 2 atom stereocenters. The molecule has 50 heavy (non-hydrogen) atoms. The fourth-order valence-corrected chi connectivity index (χ4v) is 8.16. The molecule has 1 aliphatic heterocycles. The van der Waals surface area contributed by atoms with Crippen molar-refractivity contribution in [2.45, 2.75) is 24.8 Å². The summed E-state index contributed by atoms with van der Waals surface area (Å²) in [5.74, 6) is 0.0511. The molecule has 5 heteroatoms. The highest BCUT2D eigenvalue weighted by Crippen LogP contribution is 2.51. The second-order valence-electron chi connectivity index (χ2n) is 12.9. The van der Waals surface area contributed by atoms with Crippen LogP contribution in [-0.4, -0.2) is 10.6 Å². The van der Waals surface area contributed by atoms with Crippen LogP contribution in [0.5, 0.6) is 0 Å². The molecule has 234 valence electrons. The second-order valence-corrected chi connectivity index (χ2v) is 12.9. The van der Waals surface area contributed by atoms with Crippen LogP contribution in [0.4, 0.5) is 11.4 Å². The lowest BCUT2D eigenvalue weighted by Crippen LogP contribution is -2.29. The Kier molecular flexibility index (Phi) is 6.84. The Balaban J connectivity index is 1.23. The van der Waals surface area contributed by atoms with E-state index in [2.05, 4.69) is 137 Å². The highest BCUT2D eigenvalue weighted by Gasteiger charge is 2.39. The summed E-state index contributed by atoms with van der Waals surface area (Å²) in [4.78, 5) is 2.38. The zero-order chi connectivity index (χ0) is 33.8. The third-order valence-corrected chi connectivity index (χ3v) is 10.3. The molecule has 2 unspecified atom stereocenters. The summed E-state index contributed by atoms with van der Waals surface area (Å²) >= 11 is 0. The number of aromatic nitrogens is 1. The molecule has 0 saturated carbocycles. The maximum absolute atomic E-state index is 10.2. The summed E-state index contributed by atoms with van der Waals surface area (Å²) in [6, 6.07) is 44.4. The minimum atomic E-state index is 0.00663. The standard InChI is InChI=1S/C45H29N5/c46-26-29-19-21-34(31-9-7-11-33(25-31)49-41-16-4-1-12-35(41)38-15-8-10-32(28-48)45(38)49)39(23-29)36-13-2-5-17-42(36)50-43-18-6-3-14-37(43)40-24-30(27-47)20-22-44(40)50/h2-11,13-25,40,44H,1,12H2. The van der Waals surface area contributed by atoms with Crippen molar-refractivity contribution in [1.82, 2.24) is 4.57 Å². The maximum Gasteiger partial charge on any atom is 0.101 e. The van der Waals surface area contributed by atoms with Gasteiger partial charge in [-0.15, -0.1) is 0 Å². The van der Waals surface area contributed by atoms with E-state index < -0.39 is 0 Å². The van der Waals surface area contributed by atoms with Gasteiger partial charge in [0, 0.05) is 45.2 Å². The summed E-state index contributed by atoms with van der Waals surface area (Å²) < 4.78 is 2.24. The van der Waals surface area contributed by atoms with Gasteiger partial charge in [0.05, 0.1) is 34.8 Å². The minimum absolute atomic E-state index is 0.00663. The van der Waals surface area contributed by atoms with Crippen molar-refractivity contribution < 1.29 is 0 Å². The average molecular weight is 640 g/mol. The van der Waals surface area contributed by atoms with Gasteiger partial charge in [-0.3, -0.25) is 0 Å². The Morgan fingerprint density at radius 2 is 1.52 bits per heavy atom. The molecule has 2 heterocycles. The number of fused-ring (bicyclic) bond motifs is 6. The van der Waals surface area contributed by atoms with E-state index in [1.54, 1.807) is 0 Å². The van der Waals surface area contributed by atoms with Gasteiger partial charge in [-0.05, 0) is 95.3 Å². The molecule has 2 aliphatic carbocycles. The van der Waals surface area contributed by atoms with E-state index in [4.69, 9.17) is 0 Å². The SMILES string of the molecule is N#CC1=CC2c3ccccc3N(c3ccccc3-c3cc(C#N)ccc3-c3cccc(-n4c5c(c6cccc(C#N)c64)CCC=C5)c3)C2C=C1. The van der Waals surface area contributed by atoms with E-state index in [0.717, 1.165) is 68.8 Å². The van der Waals surface area contributed by atoms with Gasteiger partial charge in [0.25, 0.3) is 0 Å². The van der Waals surface area contributed by atoms with Crippen LogP contribution in [0.15, 0.2) is 139 Å². The van der Waals surface area contributed by atoms with E-state index in [1.165, 1.54) is 11.1 Å². The Morgan fingerprint density at radius 1 is 0.680 bits per heavy atom. The molecule has 3 aliphatic rings. The van der Waals surface area contributed by atoms with Gasteiger partial charge in [0.1, 0.15) is 6.07 Å². The number of para-hydroxylation sites is 3. The van der Waals surface area contributed by atoms with Crippen LogP contribution in [0.3, 0.4) is 0 Å². The van der Waals surface area contributed by atoms with Crippen LogP contribution in [0.25, 0.3) is 44.9 Å².